The molecule has 0 bridgehead atoms. The average Bonchev–Trinajstić information content (AvgIpc) is 3.25. The van der Waals surface area contributed by atoms with Crippen LogP contribution in [0.3, 0.4) is 0 Å². The molecule has 106 valence electrons. The first-order valence-electron chi connectivity index (χ1n) is 7.11. The molecule has 0 spiro atoms. The van der Waals surface area contributed by atoms with E-state index in [2.05, 4.69) is 23.1 Å². The van der Waals surface area contributed by atoms with Crippen LogP contribution in [0.15, 0.2) is 41.2 Å². The Labute approximate surface area is 122 Å². The summed E-state index contributed by atoms with van der Waals surface area (Å²) >= 11 is 0. The minimum Gasteiger partial charge on any atom is -0.493 e. The molecule has 0 atom stereocenters. The Balaban J connectivity index is 1.84. The van der Waals surface area contributed by atoms with E-state index in [0.717, 1.165) is 42.4 Å². The van der Waals surface area contributed by atoms with Crippen LogP contribution in [-0.4, -0.2) is 21.3 Å². The number of hydrogen-bond donors (Lipinski definition) is 0. The summed E-state index contributed by atoms with van der Waals surface area (Å²) in [6.45, 7) is 2.79. The van der Waals surface area contributed by atoms with Gasteiger partial charge in [0.2, 0.25) is 5.76 Å². The summed E-state index contributed by atoms with van der Waals surface area (Å²) in [6, 6.07) is 8.03. The predicted molar refractivity (Wildman–Crippen MR) is 77.6 cm³/mol. The summed E-state index contributed by atoms with van der Waals surface area (Å²) in [5.41, 5.74) is 3.24. The lowest BCUT2D eigenvalue weighted by atomic mass is 10.1. The van der Waals surface area contributed by atoms with Crippen molar-refractivity contribution in [3.8, 4) is 23.0 Å². The topological polar surface area (TPSA) is 53.1 Å². The third-order valence-electron chi connectivity index (χ3n) is 3.76. The van der Waals surface area contributed by atoms with E-state index in [4.69, 9.17) is 9.26 Å². The predicted octanol–water partition coefficient (Wildman–Crippen LogP) is 3.02. The fourth-order valence-corrected chi connectivity index (χ4v) is 2.69. The molecule has 5 heteroatoms. The summed E-state index contributed by atoms with van der Waals surface area (Å²) in [7, 11) is 0. The molecule has 0 radical (unpaired) electrons. The monoisotopic (exact) mass is 281 g/mol. The Hall–Kier alpha value is -2.56. The molecule has 0 unspecified atom stereocenters. The van der Waals surface area contributed by atoms with Gasteiger partial charge in [-0.3, -0.25) is 4.57 Å². The van der Waals surface area contributed by atoms with E-state index < -0.39 is 0 Å². The van der Waals surface area contributed by atoms with E-state index in [-0.39, 0.29) is 0 Å². The zero-order chi connectivity index (χ0) is 14.2. The maximum absolute atomic E-state index is 5.63. The number of hydrogen-bond acceptors (Lipinski definition) is 4. The number of imidazole rings is 1. The van der Waals surface area contributed by atoms with Crippen LogP contribution in [0.5, 0.6) is 5.75 Å². The van der Waals surface area contributed by atoms with Gasteiger partial charge in [-0.05, 0) is 18.6 Å². The van der Waals surface area contributed by atoms with E-state index in [9.17, 15) is 0 Å². The van der Waals surface area contributed by atoms with Crippen molar-refractivity contribution < 1.29 is 9.26 Å². The third kappa shape index (κ3) is 1.93. The Bertz CT molecular complexity index is 788. The molecule has 0 fully saturated rings. The van der Waals surface area contributed by atoms with E-state index in [1.54, 1.807) is 6.20 Å². The molecule has 5 nitrogen and oxygen atoms in total. The molecular formula is C16H15N3O2. The number of fused-ring (bicyclic) bond motifs is 1. The van der Waals surface area contributed by atoms with Gasteiger partial charge in [-0.2, -0.15) is 0 Å². The van der Waals surface area contributed by atoms with Gasteiger partial charge in [0.05, 0.1) is 18.0 Å². The lowest BCUT2D eigenvalue weighted by Gasteiger charge is -2.09. The smallest absolute Gasteiger partial charge is 0.202 e. The molecule has 0 aliphatic carbocycles. The number of aromatic nitrogens is 3. The van der Waals surface area contributed by atoms with Crippen LogP contribution in [0, 0.1) is 0 Å². The summed E-state index contributed by atoms with van der Waals surface area (Å²) in [5, 5.41) is 4.04. The van der Waals surface area contributed by atoms with Gasteiger partial charge in [-0.1, -0.05) is 18.1 Å². The SMILES string of the molecule is CCc1cc(-c2nccn2-c2cccc3c2CCO3)on1. The second-order valence-electron chi connectivity index (χ2n) is 5.01. The molecule has 0 amide bonds. The standard InChI is InChI=1S/C16H15N3O2/c1-2-11-10-15(21-18-11)16-17-7-8-19(16)13-4-3-5-14-12(13)6-9-20-14/h3-5,7-8,10H,2,6,9H2,1H3. The van der Waals surface area contributed by atoms with Crippen molar-refractivity contribution in [2.24, 2.45) is 0 Å². The number of nitrogens with zero attached hydrogens (tertiary/aromatic N) is 3. The fraction of sp³-hybridized carbons (Fsp3) is 0.250. The van der Waals surface area contributed by atoms with Crippen LogP contribution in [0.2, 0.25) is 0 Å². The average molecular weight is 281 g/mol. The highest BCUT2D eigenvalue weighted by atomic mass is 16.5. The number of benzene rings is 1. The molecule has 1 aliphatic rings. The first-order valence-corrected chi connectivity index (χ1v) is 7.11. The van der Waals surface area contributed by atoms with Crippen LogP contribution < -0.4 is 4.74 Å². The molecule has 3 heterocycles. The number of rotatable bonds is 3. The highest BCUT2D eigenvalue weighted by Crippen LogP contribution is 2.32. The van der Waals surface area contributed by atoms with Crippen molar-refractivity contribution in [1.29, 1.82) is 0 Å². The Morgan fingerprint density at radius 3 is 3.14 bits per heavy atom. The zero-order valence-corrected chi connectivity index (χ0v) is 11.7. The zero-order valence-electron chi connectivity index (χ0n) is 11.7. The second-order valence-corrected chi connectivity index (χ2v) is 5.01. The quantitative estimate of drug-likeness (QED) is 0.740. The van der Waals surface area contributed by atoms with Crippen molar-refractivity contribution in [1.82, 2.24) is 14.7 Å². The van der Waals surface area contributed by atoms with Crippen molar-refractivity contribution in [2.75, 3.05) is 6.61 Å². The van der Waals surface area contributed by atoms with E-state index in [1.807, 2.05) is 29.0 Å². The van der Waals surface area contributed by atoms with Crippen molar-refractivity contribution in [2.45, 2.75) is 19.8 Å². The molecule has 21 heavy (non-hydrogen) atoms. The first kappa shape index (κ1) is 12.2. The molecule has 3 aromatic rings. The van der Waals surface area contributed by atoms with E-state index in [1.165, 1.54) is 5.56 Å². The molecule has 4 rings (SSSR count). The second kappa shape index (κ2) is 4.77. The first-order chi connectivity index (χ1) is 10.4. The summed E-state index contributed by atoms with van der Waals surface area (Å²) in [6.07, 6.45) is 5.48. The molecule has 0 saturated heterocycles. The van der Waals surface area contributed by atoms with Gasteiger partial charge in [0.15, 0.2) is 5.82 Å². The normalized spacial score (nSPS) is 13.2. The lowest BCUT2D eigenvalue weighted by molar-refractivity contribution is 0.357. The minimum atomic E-state index is 0.688. The lowest BCUT2D eigenvalue weighted by Crippen LogP contribution is -1.99. The maximum Gasteiger partial charge on any atom is 0.202 e. The summed E-state index contributed by atoms with van der Waals surface area (Å²) < 4.78 is 13.1. The van der Waals surface area contributed by atoms with Gasteiger partial charge in [-0.15, -0.1) is 0 Å². The molecule has 2 aromatic heterocycles. The molecule has 1 aromatic carbocycles. The van der Waals surface area contributed by atoms with Crippen LogP contribution in [0.25, 0.3) is 17.3 Å². The van der Waals surface area contributed by atoms with Crippen LogP contribution in [-0.2, 0) is 12.8 Å². The van der Waals surface area contributed by atoms with Gasteiger partial charge in [0, 0.05) is 30.4 Å². The molecule has 0 N–H and O–H groups in total. The number of ether oxygens (including phenoxy) is 1. The van der Waals surface area contributed by atoms with Gasteiger partial charge >= 0.3 is 0 Å². The van der Waals surface area contributed by atoms with Crippen molar-refractivity contribution >= 4 is 0 Å². The fourth-order valence-electron chi connectivity index (χ4n) is 2.69. The highest BCUT2D eigenvalue weighted by molar-refractivity contribution is 5.58. The van der Waals surface area contributed by atoms with E-state index >= 15 is 0 Å². The minimum absolute atomic E-state index is 0.688. The largest absolute Gasteiger partial charge is 0.493 e. The van der Waals surface area contributed by atoms with Crippen LogP contribution >= 0.6 is 0 Å². The highest BCUT2D eigenvalue weighted by Gasteiger charge is 2.20. The Morgan fingerprint density at radius 1 is 1.33 bits per heavy atom. The van der Waals surface area contributed by atoms with Crippen LogP contribution in [0.1, 0.15) is 18.2 Å². The van der Waals surface area contributed by atoms with Crippen molar-refractivity contribution in [3.63, 3.8) is 0 Å². The van der Waals surface area contributed by atoms with Gasteiger partial charge in [-0.25, -0.2) is 4.98 Å². The summed E-state index contributed by atoms with van der Waals surface area (Å²) in [5.74, 6) is 2.41. The Morgan fingerprint density at radius 2 is 2.29 bits per heavy atom. The van der Waals surface area contributed by atoms with Gasteiger partial charge in [0.25, 0.3) is 0 Å². The van der Waals surface area contributed by atoms with E-state index in [0.29, 0.717) is 5.76 Å². The third-order valence-corrected chi connectivity index (χ3v) is 3.76. The number of aryl methyl sites for hydroxylation is 1. The van der Waals surface area contributed by atoms with Crippen LogP contribution in [0.4, 0.5) is 0 Å². The summed E-state index contributed by atoms with van der Waals surface area (Å²) in [4.78, 5) is 4.42. The Kier molecular flexibility index (Phi) is 2.77. The maximum atomic E-state index is 5.63. The van der Waals surface area contributed by atoms with Crippen molar-refractivity contribution in [3.05, 3.63) is 47.9 Å². The van der Waals surface area contributed by atoms with Gasteiger partial charge in [0.1, 0.15) is 5.75 Å². The molecule has 0 saturated carbocycles. The molecule has 1 aliphatic heterocycles. The van der Waals surface area contributed by atoms with Gasteiger partial charge < -0.3 is 9.26 Å². The molecular weight excluding hydrogens is 266 g/mol.